The van der Waals surface area contributed by atoms with Crippen LogP contribution in [0.25, 0.3) is 0 Å². The highest BCUT2D eigenvalue weighted by atomic mass is 16.5. The first-order chi connectivity index (χ1) is 22.5. The molecule has 4 aromatic rings. The van der Waals surface area contributed by atoms with Gasteiger partial charge in [0.05, 0.1) is 36.0 Å². The van der Waals surface area contributed by atoms with Gasteiger partial charge in [-0.3, -0.25) is 0 Å². The summed E-state index contributed by atoms with van der Waals surface area (Å²) in [6, 6.07) is 29.1. The Hall–Kier alpha value is -4.72. The zero-order valence-corrected chi connectivity index (χ0v) is 27.8. The fraction of sp³-hybridized carbons (Fsp3) is 0.368. The lowest BCUT2D eigenvalue weighted by molar-refractivity contribution is 0.309. The first kappa shape index (κ1) is 32.7. The largest absolute Gasteiger partial charge is 0.494 e. The van der Waals surface area contributed by atoms with Gasteiger partial charge in [-0.15, -0.1) is 0 Å². The summed E-state index contributed by atoms with van der Waals surface area (Å²) < 4.78 is 11.6. The van der Waals surface area contributed by atoms with Gasteiger partial charge in [-0.25, -0.2) is 0 Å². The average molecular weight is 621 g/mol. The van der Waals surface area contributed by atoms with Gasteiger partial charge in [-0.05, 0) is 123 Å². The number of nitrogens with zero attached hydrogens (tertiary/aromatic N) is 4. The van der Waals surface area contributed by atoms with Crippen molar-refractivity contribution in [3.05, 3.63) is 96.1 Å². The maximum Gasteiger partial charge on any atom is 0.119 e. The zero-order chi connectivity index (χ0) is 32.1. The van der Waals surface area contributed by atoms with Gasteiger partial charge in [0.2, 0.25) is 0 Å². The molecular weight excluding hydrogens is 572 g/mol. The van der Waals surface area contributed by atoms with E-state index in [1.807, 2.05) is 43.3 Å². The van der Waals surface area contributed by atoms with Crippen LogP contribution in [0.15, 0.2) is 95.2 Å². The summed E-state index contributed by atoms with van der Waals surface area (Å²) in [5.74, 6) is 1.80. The highest BCUT2D eigenvalue weighted by Gasteiger charge is 2.17. The lowest BCUT2D eigenvalue weighted by atomic mass is 10.2. The molecule has 0 bridgehead atoms. The normalized spacial score (nSPS) is 13.2. The predicted octanol–water partition coefficient (Wildman–Crippen LogP) is 9.84. The number of ether oxygens (including phenoxy) is 2. The molecule has 0 spiro atoms. The number of azo groups is 1. The van der Waals surface area contributed by atoms with Crippen LogP contribution >= 0.6 is 0 Å². The van der Waals surface area contributed by atoms with E-state index in [1.54, 1.807) is 0 Å². The van der Waals surface area contributed by atoms with Gasteiger partial charge in [-0.2, -0.15) is 10.2 Å². The van der Waals surface area contributed by atoms with E-state index in [0.29, 0.717) is 0 Å². The van der Waals surface area contributed by atoms with Crippen molar-refractivity contribution in [1.82, 2.24) is 0 Å². The Bertz CT molecular complexity index is 1550. The average Bonchev–Trinajstić information content (AvgIpc) is 3.08. The smallest absolute Gasteiger partial charge is 0.119 e. The van der Waals surface area contributed by atoms with E-state index in [2.05, 4.69) is 100 Å². The Morgan fingerprint density at radius 1 is 0.609 bits per heavy atom. The Morgan fingerprint density at radius 2 is 1.15 bits per heavy atom. The topological polar surface area (TPSA) is 73.7 Å². The first-order valence-corrected chi connectivity index (χ1v) is 16.6. The van der Waals surface area contributed by atoms with Crippen LogP contribution in [0, 0.1) is 13.8 Å². The summed E-state index contributed by atoms with van der Waals surface area (Å²) in [4.78, 5) is 4.88. The van der Waals surface area contributed by atoms with Crippen molar-refractivity contribution < 1.29 is 9.47 Å². The predicted molar refractivity (Wildman–Crippen MR) is 192 cm³/mol. The SMILES string of the molecule is CCCCOc1ccc(/N=N/c2ccc(N3CCN(c4ccc(NNc5ccc(OCCCC)cc5C)cc4)CC3)cc2)c(C)c1. The third-order valence-corrected chi connectivity index (χ3v) is 8.24. The van der Waals surface area contributed by atoms with Crippen molar-refractivity contribution in [3.8, 4) is 11.5 Å². The Balaban J connectivity index is 1.07. The molecule has 0 unspecified atom stereocenters. The summed E-state index contributed by atoms with van der Waals surface area (Å²) in [6.45, 7) is 13.8. The monoisotopic (exact) mass is 620 g/mol. The number of rotatable bonds is 15. The van der Waals surface area contributed by atoms with Crippen LogP contribution in [0.4, 0.5) is 34.1 Å². The van der Waals surface area contributed by atoms with Gasteiger partial charge in [0.25, 0.3) is 0 Å². The van der Waals surface area contributed by atoms with Gasteiger partial charge in [-0.1, -0.05) is 26.7 Å². The number of hydrogen-bond donors (Lipinski definition) is 2. The van der Waals surface area contributed by atoms with E-state index in [-0.39, 0.29) is 0 Å². The van der Waals surface area contributed by atoms with Crippen LogP contribution in [0.3, 0.4) is 0 Å². The van der Waals surface area contributed by atoms with E-state index < -0.39 is 0 Å². The number of unbranched alkanes of at least 4 members (excludes halogenated alkanes) is 2. The third kappa shape index (κ3) is 9.16. The molecule has 0 saturated carbocycles. The molecule has 1 saturated heterocycles. The molecule has 2 N–H and O–H groups in total. The molecule has 8 heteroatoms. The van der Waals surface area contributed by atoms with Gasteiger partial charge < -0.3 is 30.1 Å². The van der Waals surface area contributed by atoms with Crippen molar-refractivity contribution in [1.29, 1.82) is 0 Å². The molecule has 0 aliphatic carbocycles. The molecular formula is C38H48N6O2. The van der Waals surface area contributed by atoms with Gasteiger partial charge in [0.1, 0.15) is 11.5 Å². The summed E-state index contributed by atoms with van der Waals surface area (Å²) in [5.41, 5.74) is 15.1. The van der Waals surface area contributed by atoms with Gasteiger partial charge in [0, 0.05) is 37.6 Å². The Labute approximate surface area is 274 Å². The highest BCUT2D eigenvalue weighted by molar-refractivity contribution is 5.61. The second-order valence-electron chi connectivity index (χ2n) is 11.8. The minimum atomic E-state index is 0.744. The molecule has 242 valence electrons. The van der Waals surface area contributed by atoms with Crippen LogP contribution in [-0.4, -0.2) is 39.4 Å². The van der Waals surface area contributed by atoms with E-state index in [9.17, 15) is 0 Å². The first-order valence-electron chi connectivity index (χ1n) is 16.6. The number of anilines is 4. The van der Waals surface area contributed by atoms with Crippen LogP contribution in [0.5, 0.6) is 11.5 Å². The third-order valence-electron chi connectivity index (χ3n) is 8.24. The lowest BCUT2D eigenvalue weighted by Gasteiger charge is -2.37. The standard InChI is InChI=1S/C38H48N6O2/c1-5-7-25-45-35-17-19-37(29(3)27-35)41-39-31-9-13-33(14-10-31)43-21-23-44(24-22-43)34-15-11-32(12-16-34)40-42-38-20-18-36(28-30(38)4)46-26-8-6-2/h9-20,27-28,39,41H,5-8,21-26H2,1-4H3/b42-40+. The quantitative estimate of drug-likeness (QED) is 0.0783. The zero-order valence-electron chi connectivity index (χ0n) is 27.8. The molecule has 8 nitrogen and oxygen atoms in total. The Morgan fingerprint density at radius 3 is 1.70 bits per heavy atom. The van der Waals surface area contributed by atoms with Gasteiger partial charge in [0.15, 0.2) is 0 Å². The van der Waals surface area contributed by atoms with E-state index in [1.165, 1.54) is 11.4 Å². The summed E-state index contributed by atoms with van der Waals surface area (Å²) in [5, 5.41) is 8.97. The van der Waals surface area contributed by atoms with E-state index in [4.69, 9.17) is 9.47 Å². The number of hydrogen-bond acceptors (Lipinski definition) is 8. The van der Waals surface area contributed by atoms with Crippen molar-refractivity contribution >= 4 is 34.1 Å². The minimum Gasteiger partial charge on any atom is -0.494 e. The summed E-state index contributed by atoms with van der Waals surface area (Å²) >= 11 is 0. The highest BCUT2D eigenvalue weighted by Crippen LogP contribution is 2.28. The van der Waals surface area contributed by atoms with Crippen molar-refractivity contribution in [2.24, 2.45) is 10.2 Å². The second kappa shape index (κ2) is 16.5. The Kier molecular flexibility index (Phi) is 11.8. The number of aryl methyl sites for hydroxylation is 2. The maximum atomic E-state index is 5.83. The van der Waals surface area contributed by atoms with E-state index >= 15 is 0 Å². The van der Waals surface area contributed by atoms with Crippen LogP contribution in [-0.2, 0) is 0 Å². The molecule has 4 aromatic carbocycles. The number of nitrogens with one attached hydrogen (secondary N) is 2. The van der Waals surface area contributed by atoms with Crippen LogP contribution < -0.4 is 30.1 Å². The maximum absolute atomic E-state index is 5.83. The van der Waals surface area contributed by atoms with Crippen molar-refractivity contribution in [3.63, 3.8) is 0 Å². The van der Waals surface area contributed by atoms with Crippen LogP contribution in [0.1, 0.15) is 50.7 Å². The molecule has 1 heterocycles. The van der Waals surface area contributed by atoms with Crippen molar-refractivity contribution in [2.75, 3.05) is 60.0 Å². The number of hydrazine groups is 1. The number of piperazine rings is 1. The van der Waals surface area contributed by atoms with E-state index in [0.717, 1.165) is 110 Å². The fourth-order valence-electron chi connectivity index (χ4n) is 5.32. The second-order valence-corrected chi connectivity index (χ2v) is 11.8. The molecule has 0 radical (unpaired) electrons. The molecule has 1 aliphatic rings. The molecule has 0 amide bonds. The number of benzene rings is 4. The lowest BCUT2D eigenvalue weighted by Crippen LogP contribution is -2.46. The summed E-state index contributed by atoms with van der Waals surface area (Å²) in [7, 11) is 0. The molecule has 5 rings (SSSR count). The summed E-state index contributed by atoms with van der Waals surface area (Å²) in [6.07, 6.45) is 4.39. The van der Waals surface area contributed by atoms with Crippen LogP contribution in [0.2, 0.25) is 0 Å². The molecule has 0 aromatic heterocycles. The molecule has 46 heavy (non-hydrogen) atoms. The van der Waals surface area contributed by atoms with Gasteiger partial charge >= 0.3 is 0 Å². The molecule has 0 atom stereocenters. The van der Waals surface area contributed by atoms with Crippen molar-refractivity contribution in [2.45, 2.75) is 53.4 Å². The minimum absolute atomic E-state index is 0.744. The molecule has 1 aliphatic heterocycles. The molecule has 1 fully saturated rings. The fourth-order valence-corrected chi connectivity index (χ4v) is 5.32.